The van der Waals surface area contributed by atoms with Crippen LogP contribution < -0.4 is 5.32 Å². The number of fused-ring (bicyclic) bond motifs is 1. The van der Waals surface area contributed by atoms with Crippen LogP contribution in [0.4, 0.5) is 5.69 Å². The Kier molecular flexibility index (Phi) is 5.48. The molecule has 124 valence electrons. The minimum atomic E-state index is -0.0590. The normalized spacial score (nSPS) is 10.9. The van der Waals surface area contributed by atoms with Crippen molar-refractivity contribution in [3.8, 4) is 0 Å². The Morgan fingerprint density at radius 2 is 2.04 bits per heavy atom. The van der Waals surface area contributed by atoms with Gasteiger partial charge in [-0.15, -0.1) is 5.10 Å². The highest BCUT2D eigenvalue weighted by Gasteiger charge is 2.09. The fourth-order valence-electron chi connectivity index (χ4n) is 2.45. The number of carbonyl (C=O) groups excluding carboxylic acids is 1. The molecule has 0 unspecified atom stereocenters. The third-order valence-electron chi connectivity index (χ3n) is 3.67. The Morgan fingerprint density at radius 1 is 1.21 bits per heavy atom. The lowest BCUT2D eigenvalue weighted by Gasteiger charge is -2.08. The third kappa shape index (κ3) is 4.14. The Morgan fingerprint density at radius 3 is 2.92 bits per heavy atom. The molecule has 0 aliphatic carbocycles. The van der Waals surface area contributed by atoms with Crippen molar-refractivity contribution in [1.82, 2.24) is 15.2 Å². The van der Waals surface area contributed by atoms with Crippen LogP contribution in [-0.2, 0) is 11.2 Å². The zero-order valence-corrected chi connectivity index (χ0v) is 14.4. The molecule has 2 N–H and O–H groups in total. The Balaban J connectivity index is 1.58. The molecule has 3 rings (SSSR count). The third-order valence-corrected chi connectivity index (χ3v) is 4.52. The molecule has 0 radical (unpaired) electrons. The van der Waals surface area contributed by atoms with Gasteiger partial charge in [0.05, 0.1) is 5.75 Å². The van der Waals surface area contributed by atoms with Crippen LogP contribution in [-0.4, -0.2) is 26.8 Å². The maximum atomic E-state index is 12.2. The van der Waals surface area contributed by atoms with Gasteiger partial charge in [0.25, 0.3) is 0 Å². The van der Waals surface area contributed by atoms with Gasteiger partial charge in [0.1, 0.15) is 5.82 Å². The van der Waals surface area contributed by atoms with E-state index in [1.807, 2.05) is 42.5 Å². The number of aromatic amines is 1. The molecule has 6 heteroatoms. The highest BCUT2D eigenvalue weighted by atomic mass is 32.2. The quantitative estimate of drug-likeness (QED) is 0.637. The molecular weight excluding hydrogens is 320 g/mol. The molecule has 0 saturated carbocycles. The summed E-state index contributed by atoms with van der Waals surface area (Å²) in [5, 5.41) is 12.8. The number of anilines is 1. The second-order valence-corrected chi connectivity index (χ2v) is 6.47. The number of aromatic nitrogens is 3. The number of nitrogens with one attached hydrogen (secondary N) is 2. The summed E-state index contributed by atoms with van der Waals surface area (Å²) in [7, 11) is 0. The van der Waals surface area contributed by atoms with Crippen LogP contribution in [0.3, 0.4) is 0 Å². The zero-order chi connectivity index (χ0) is 16.8. The number of benzene rings is 2. The van der Waals surface area contributed by atoms with Crippen molar-refractivity contribution < 1.29 is 4.79 Å². The fraction of sp³-hybridized carbons (Fsp3) is 0.278. The van der Waals surface area contributed by atoms with Crippen molar-refractivity contribution in [3.63, 3.8) is 0 Å². The number of nitrogens with zero attached hydrogens (tertiary/aromatic N) is 2. The van der Waals surface area contributed by atoms with E-state index in [4.69, 9.17) is 0 Å². The van der Waals surface area contributed by atoms with Crippen LogP contribution >= 0.6 is 11.8 Å². The van der Waals surface area contributed by atoms with Crippen molar-refractivity contribution in [2.24, 2.45) is 0 Å². The van der Waals surface area contributed by atoms with E-state index in [1.165, 1.54) is 11.8 Å². The highest BCUT2D eigenvalue weighted by molar-refractivity contribution is 7.99. The molecule has 1 amide bonds. The van der Waals surface area contributed by atoms with Gasteiger partial charge >= 0.3 is 0 Å². The zero-order valence-electron chi connectivity index (χ0n) is 13.6. The number of thioether (sulfide) groups is 1. The average molecular weight is 340 g/mol. The number of hydrogen-bond acceptors (Lipinski definition) is 4. The number of aryl methyl sites for hydroxylation is 1. The van der Waals surface area contributed by atoms with Crippen LogP contribution in [0.25, 0.3) is 10.8 Å². The molecule has 0 fully saturated rings. The minimum Gasteiger partial charge on any atom is -0.325 e. The van der Waals surface area contributed by atoms with Gasteiger partial charge in [-0.2, -0.15) is 0 Å². The average Bonchev–Trinajstić information content (AvgIpc) is 3.06. The standard InChI is InChI=1S/C18H20N4OS/c1-2-3-11-16-20-18(22-21-16)24-12-17(23)19-15-10-6-8-13-7-4-5-9-14(13)15/h4-10H,2-3,11-12H2,1H3,(H,19,23)(H,20,21,22). The van der Waals surface area contributed by atoms with Crippen molar-refractivity contribution in [3.05, 3.63) is 48.3 Å². The van der Waals surface area contributed by atoms with Crippen molar-refractivity contribution >= 4 is 34.1 Å². The summed E-state index contributed by atoms with van der Waals surface area (Å²) >= 11 is 1.34. The van der Waals surface area contributed by atoms with Gasteiger partial charge < -0.3 is 5.32 Å². The van der Waals surface area contributed by atoms with E-state index in [1.54, 1.807) is 0 Å². The maximum Gasteiger partial charge on any atom is 0.234 e. The molecule has 5 nitrogen and oxygen atoms in total. The van der Waals surface area contributed by atoms with E-state index in [0.29, 0.717) is 5.16 Å². The van der Waals surface area contributed by atoms with Crippen molar-refractivity contribution in [2.45, 2.75) is 31.3 Å². The van der Waals surface area contributed by atoms with E-state index in [-0.39, 0.29) is 11.7 Å². The molecular formula is C18H20N4OS. The number of carbonyl (C=O) groups is 1. The van der Waals surface area contributed by atoms with Crippen molar-refractivity contribution in [1.29, 1.82) is 0 Å². The molecule has 3 aromatic rings. The lowest BCUT2D eigenvalue weighted by atomic mass is 10.1. The fourth-order valence-corrected chi connectivity index (χ4v) is 3.07. The first-order valence-electron chi connectivity index (χ1n) is 8.08. The Labute approximate surface area is 145 Å². The van der Waals surface area contributed by atoms with Crippen molar-refractivity contribution in [2.75, 3.05) is 11.1 Å². The monoisotopic (exact) mass is 340 g/mol. The number of unbranched alkanes of at least 4 members (excludes halogenated alkanes) is 1. The van der Waals surface area contributed by atoms with Crippen LogP contribution in [0.2, 0.25) is 0 Å². The summed E-state index contributed by atoms with van der Waals surface area (Å²) in [6.07, 6.45) is 3.10. The minimum absolute atomic E-state index is 0.0590. The molecule has 0 saturated heterocycles. The van der Waals surface area contributed by atoms with Crippen LogP contribution in [0, 0.1) is 0 Å². The van der Waals surface area contributed by atoms with E-state index in [9.17, 15) is 4.79 Å². The molecule has 1 aromatic heterocycles. The number of hydrogen-bond donors (Lipinski definition) is 2. The largest absolute Gasteiger partial charge is 0.325 e. The maximum absolute atomic E-state index is 12.2. The number of rotatable bonds is 7. The highest BCUT2D eigenvalue weighted by Crippen LogP contribution is 2.23. The Hall–Kier alpha value is -2.34. The number of H-pyrrole nitrogens is 1. The van der Waals surface area contributed by atoms with Gasteiger partial charge in [-0.05, 0) is 17.9 Å². The smallest absolute Gasteiger partial charge is 0.234 e. The van der Waals surface area contributed by atoms with Gasteiger partial charge in [0.15, 0.2) is 0 Å². The second kappa shape index (κ2) is 7.97. The summed E-state index contributed by atoms with van der Waals surface area (Å²) in [6.45, 7) is 2.14. The molecule has 24 heavy (non-hydrogen) atoms. The van der Waals surface area contributed by atoms with Crippen LogP contribution in [0.1, 0.15) is 25.6 Å². The van der Waals surface area contributed by atoms with E-state index in [0.717, 1.165) is 41.5 Å². The molecule has 1 heterocycles. The Bertz CT molecular complexity index is 825. The van der Waals surface area contributed by atoms with Gasteiger partial charge in [-0.1, -0.05) is 61.5 Å². The first kappa shape index (κ1) is 16.5. The van der Waals surface area contributed by atoms with Gasteiger partial charge in [-0.3, -0.25) is 9.89 Å². The molecule has 0 atom stereocenters. The van der Waals surface area contributed by atoms with Gasteiger partial charge in [0, 0.05) is 17.5 Å². The summed E-state index contributed by atoms with van der Waals surface area (Å²) < 4.78 is 0. The molecule has 0 aliphatic heterocycles. The lowest BCUT2D eigenvalue weighted by molar-refractivity contribution is -0.113. The predicted molar refractivity (Wildman–Crippen MR) is 98.3 cm³/mol. The summed E-state index contributed by atoms with van der Waals surface area (Å²) in [5.74, 6) is 1.11. The van der Waals surface area contributed by atoms with E-state index >= 15 is 0 Å². The van der Waals surface area contributed by atoms with Crippen LogP contribution in [0.15, 0.2) is 47.6 Å². The molecule has 0 aliphatic rings. The topological polar surface area (TPSA) is 70.7 Å². The van der Waals surface area contributed by atoms with E-state index in [2.05, 4.69) is 27.4 Å². The number of amides is 1. The second-order valence-electron chi connectivity index (χ2n) is 5.53. The van der Waals surface area contributed by atoms with Gasteiger partial charge in [0.2, 0.25) is 11.1 Å². The predicted octanol–water partition coefficient (Wildman–Crippen LogP) is 4.03. The molecule has 2 aromatic carbocycles. The molecule has 0 bridgehead atoms. The summed E-state index contributed by atoms with van der Waals surface area (Å²) in [4.78, 5) is 16.6. The SMILES string of the molecule is CCCCc1nc(SCC(=O)Nc2cccc3ccccc23)n[nH]1. The van der Waals surface area contributed by atoms with Gasteiger partial charge in [-0.25, -0.2) is 4.98 Å². The van der Waals surface area contributed by atoms with Crippen LogP contribution in [0.5, 0.6) is 0 Å². The first-order chi connectivity index (χ1) is 11.8. The molecule has 0 spiro atoms. The van der Waals surface area contributed by atoms with E-state index < -0.39 is 0 Å². The lowest BCUT2D eigenvalue weighted by Crippen LogP contribution is -2.14. The first-order valence-corrected chi connectivity index (χ1v) is 9.06. The summed E-state index contributed by atoms with van der Waals surface area (Å²) in [5.41, 5.74) is 0.831. The summed E-state index contributed by atoms with van der Waals surface area (Å²) in [6, 6.07) is 13.9.